The Balaban J connectivity index is 0.00000196. The zero-order valence-corrected chi connectivity index (χ0v) is 18.2. The van der Waals surface area contributed by atoms with Crippen LogP contribution in [-0.2, 0) is 11.2 Å². The van der Waals surface area contributed by atoms with Crippen LogP contribution in [-0.4, -0.2) is 46.3 Å². The largest absolute Gasteiger partial charge is 0.337 e. The first-order valence-electron chi connectivity index (χ1n) is 8.43. The Morgan fingerprint density at radius 3 is 2.61 bits per heavy atom. The lowest BCUT2D eigenvalue weighted by molar-refractivity contribution is -0.121. The van der Waals surface area contributed by atoms with Crippen molar-refractivity contribution in [3.05, 3.63) is 39.4 Å². The molecule has 0 saturated carbocycles. The maximum atomic E-state index is 12.5. The van der Waals surface area contributed by atoms with Crippen molar-refractivity contribution in [2.24, 2.45) is 11.7 Å². The number of carbonyl (C=O) groups is 2. The number of thiazole rings is 1. The Kier molecular flexibility index (Phi) is 10.1. The molecule has 1 aliphatic heterocycles. The molecule has 2 amide bonds. The van der Waals surface area contributed by atoms with E-state index in [2.05, 4.69) is 15.3 Å². The molecule has 0 aliphatic carbocycles. The molecule has 11 heteroatoms. The average Bonchev–Trinajstić information content (AvgIpc) is 3.12. The molecule has 1 aliphatic rings. The van der Waals surface area contributed by atoms with Crippen LogP contribution in [0, 0.1) is 5.92 Å². The van der Waals surface area contributed by atoms with Crippen LogP contribution in [0.3, 0.4) is 0 Å². The molecule has 0 radical (unpaired) electrons. The summed E-state index contributed by atoms with van der Waals surface area (Å²) in [5.74, 6) is 0.182. The van der Waals surface area contributed by atoms with Gasteiger partial charge in [-0.15, -0.1) is 36.2 Å². The predicted molar refractivity (Wildman–Crippen MR) is 116 cm³/mol. The van der Waals surface area contributed by atoms with Gasteiger partial charge in [0.2, 0.25) is 5.91 Å². The smallest absolute Gasteiger partial charge is 0.273 e. The first-order valence-corrected chi connectivity index (χ1v) is 9.68. The SMILES string of the molecule is Cl.Cl.NCCc1nc(C(=O)N2CCC(C(=O)Nc3ccc(Cl)cn3)CC2)cs1. The van der Waals surface area contributed by atoms with E-state index in [1.165, 1.54) is 17.5 Å². The third-order valence-corrected chi connectivity index (χ3v) is 5.39. The number of halogens is 3. The van der Waals surface area contributed by atoms with Gasteiger partial charge < -0.3 is 16.0 Å². The number of likely N-dealkylation sites (tertiary alicyclic amines) is 1. The van der Waals surface area contributed by atoms with Crippen LogP contribution in [0.25, 0.3) is 0 Å². The van der Waals surface area contributed by atoms with Crippen molar-refractivity contribution in [1.29, 1.82) is 0 Å². The van der Waals surface area contributed by atoms with Crippen molar-refractivity contribution in [3.8, 4) is 0 Å². The van der Waals surface area contributed by atoms with Crippen LogP contribution in [0.15, 0.2) is 23.7 Å². The van der Waals surface area contributed by atoms with Gasteiger partial charge in [-0.25, -0.2) is 9.97 Å². The highest BCUT2D eigenvalue weighted by molar-refractivity contribution is 7.09. The molecule has 3 N–H and O–H groups in total. The minimum Gasteiger partial charge on any atom is -0.337 e. The van der Waals surface area contributed by atoms with Crippen molar-refractivity contribution in [3.63, 3.8) is 0 Å². The first kappa shape index (κ1) is 24.6. The fourth-order valence-electron chi connectivity index (χ4n) is 2.83. The van der Waals surface area contributed by atoms with E-state index in [-0.39, 0.29) is 42.5 Å². The van der Waals surface area contributed by atoms with Gasteiger partial charge >= 0.3 is 0 Å². The molecule has 0 spiro atoms. The van der Waals surface area contributed by atoms with Crippen molar-refractivity contribution in [2.45, 2.75) is 19.3 Å². The van der Waals surface area contributed by atoms with E-state index in [0.29, 0.717) is 55.4 Å². The Bertz CT molecular complexity index is 779. The Morgan fingerprint density at radius 2 is 2.00 bits per heavy atom. The summed E-state index contributed by atoms with van der Waals surface area (Å²) in [6.45, 7) is 1.59. The number of amides is 2. The molecular weight excluding hydrogens is 445 g/mol. The molecule has 0 unspecified atom stereocenters. The molecule has 28 heavy (non-hydrogen) atoms. The molecule has 1 saturated heterocycles. The summed E-state index contributed by atoms with van der Waals surface area (Å²) in [7, 11) is 0. The molecule has 2 aromatic rings. The second-order valence-corrected chi connectivity index (χ2v) is 7.46. The number of aromatic nitrogens is 2. The van der Waals surface area contributed by atoms with Gasteiger partial charge in [-0.2, -0.15) is 0 Å². The summed E-state index contributed by atoms with van der Waals surface area (Å²) in [5.41, 5.74) is 5.98. The van der Waals surface area contributed by atoms with Crippen LogP contribution < -0.4 is 11.1 Å². The standard InChI is InChI=1S/C17H20ClN5O2S.2ClH/c18-12-1-2-14(20-9-12)22-16(24)11-4-7-23(8-5-11)17(25)13-10-26-15(21-13)3-6-19;;/h1-2,9-11H,3-8,19H2,(H,20,22,24);2*1H. The molecule has 0 bridgehead atoms. The Labute approximate surface area is 184 Å². The summed E-state index contributed by atoms with van der Waals surface area (Å²) in [4.78, 5) is 35.1. The highest BCUT2D eigenvalue weighted by Gasteiger charge is 2.28. The summed E-state index contributed by atoms with van der Waals surface area (Å²) in [6, 6.07) is 3.35. The molecule has 154 valence electrons. The van der Waals surface area contributed by atoms with E-state index in [0.717, 1.165) is 5.01 Å². The molecular formula is C17H22Cl3N5O2S. The van der Waals surface area contributed by atoms with E-state index in [4.69, 9.17) is 17.3 Å². The lowest BCUT2D eigenvalue weighted by Gasteiger charge is -2.30. The van der Waals surface area contributed by atoms with Crippen molar-refractivity contribution >= 4 is 65.4 Å². The molecule has 0 aromatic carbocycles. The number of nitrogens with one attached hydrogen (secondary N) is 1. The number of rotatable bonds is 5. The van der Waals surface area contributed by atoms with E-state index in [1.54, 1.807) is 22.4 Å². The third-order valence-electron chi connectivity index (χ3n) is 4.26. The van der Waals surface area contributed by atoms with Crippen molar-refractivity contribution in [2.75, 3.05) is 25.0 Å². The number of pyridine rings is 1. The van der Waals surface area contributed by atoms with Crippen LogP contribution in [0.1, 0.15) is 28.3 Å². The zero-order chi connectivity index (χ0) is 18.5. The average molecular weight is 467 g/mol. The maximum Gasteiger partial charge on any atom is 0.273 e. The van der Waals surface area contributed by atoms with Crippen molar-refractivity contribution < 1.29 is 9.59 Å². The zero-order valence-electron chi connectivity index (χ0n) is 15.0. The van der Waals surface area contributed by atoms with Crippen LogP contribution in [0.4, 0.5) is 5.82 Å². The minimum atomic E-state index is -0.139. The fourth-order valence-corrected chi connectivity index (χ4v) is 3.73. The second-order valence-electron chi connectivity index (χ2n) is 6.08. The Morgan fingerprint density at radius 1 is 1.29 bits per heavy atom. The van der Waals surface area contributed by atoms with Gasteiger partial charge in [-0.3, -0.25) is 9.59 Å². The van der Waals surface area contributed by atoms with E-state index in [9.17, 15) is 9.59 Å². The number of carbonyl (C=O) groups excluding carboxylic acids is 2. The fraction of sp³-hybridized carbons (Fsp3) is 0.412. The van der Waals surface area contributed by atoms with Crippen LogP contribution in [0.2, 0.25) is 5.02 Å². The quantitative estimate of drug-likeness (QED) is 0.705. The predicted octanol–water partition coefficient (Wildman–Crippen LogP) is 3.03. The van der Waals surface area contributed by atoms with Gasteiger partial charge in [-0.05, 0) is 31.5 Å². The first-order chi connectivity index (χ1) is 12.6. The van der Waals surface area contributed by atoms with E-state index >= 15 is 0 Å². The minimum absolute atomic E-state index is 0. The summed E-state index contributed by atoms with van der Waals surface area (Å²) < 4.78 is 0. The van der Waals surface area contributed by atoms with Crippen molar-refractivity contribution in [1.82, 2.24) is 14.9 Å². The molecule has 2 aromatic heterocycles. The number of hydrogen-bond acceptors (Lipinski definition) is 6. The molecule has 1 fully saturated rings. The van der Waals surface area contributed by atoms with Gasteiger partial charge in [0.25, 0.3) is 5.91 Å². The molecule has 3 rings (SSSR count). The molecule has 0 atom stereocenters. The monoisotopic (exact) mass is 465 g/mol. The van der Waals surface area contributed by atoms with E-state index < -0.39 is 0 Å². The molecule has 7 nitrogen and oxygen atoms in total. The highest BCUT2D eigenvalue weighted by Crippen LogP contribution is 2.21. The van der Waals surface area contributed by atoms with Gasteiger partial charge in [0.05, 0.1) is 10.0 Å². The number of hydrogen-bond donors (Lipinski definition) is 2. The third kappa shape index (κ3) is 6.28. The topological polar surface area (TPSA) is 101 Å². The summed E-state index contributed by atoms with van der Waals surface area (Å²) in [6.07, 6.45) is 3.40. The lowest BCUT2D eigenvalue weighted by Crippen LogP contribution is -2.41. The van der Waals surface area contributed by atoms with Gasteiger partial charge in [0.1, 0.15) is 11.5 Å². The summed E-state index contributed by atoms with van der Waals surface area (Å²) in [5, 5.41) is 5.97. The maximum absolute atomic E-state index is 12.5. The van der Waals surface area contributed by atoms with Crippen LogP contribution >= 0.6 is 47.8 Å². The number of nitrogens with two attached hydrogens (primary N) is 1. The second kappa shape index (κ2) is 11.5. The van der Waals surface area contributed by atoms with E-state index in [1.807, 2.05) is 0 Å². The summed E-state index contributed by atoms with van der Waals surface area (Å²) >= 11 is 7.24. The number of anilines is 1. The highest BCUT2D eigenvalue weighted by atomic mass is 35.5. The number of piperidine rings is 1. The van der Waals surface area contributed by atoms with Gasteiger partial charge in [0.15, 0.2) is 0 Å². The van der Waals surface area contributed by atoms with Gasteiger partial charge in [-0.1, -0.05) is 11.6 Å². The number of nitrogens with zero attached hydrogens (tertiary/aromatic N) is 3. The molecule has 3 heterocycles. The lowest BCUT2D eigenvalue weighted by atomic mass is 9.95. The van der Waals surface area contributed by atoms with Gasteiger partial charge in [0, 0.05) is 37.0 Å². The normalized spacial score (nSPS) is 14.0. The Hall–Kier alpha value is -1.45. The van der Waals surface area contributed by atoms with Crippen LogP contribution in [0.5, 0.6) is 0 Å².